The molecule has 0 aliphatic carbocycles. The Morgan fingerprint density at radius 1 is 1.32 bits per heavy atom. The van der Waals surface area contributed by atoms with Crippen LogP contribution < -0.4 is 11.2 Å². The molecule has 0 bridgehead atoms. The fourth-order valence-electron chi connectivity index (χ4n) is 2.48. The Morgan fingerprint density at radius 2 is 2.00 bits per heavy atom. The highest BCUT2D eigenvalue weighted by atomic mass is 16.2. The number of aromatic nitrogens is 1. The zero-order valence-electron chi connectivity index (χ0n) is 11.5. The lowest BCUT2D eigenvalue weighted by Gasteiger charge is -2.16. The fourth-order valence-corrected chi connectivity index (χ4v) is 2.48. The lowest BCUT2D eigenvalue weighted by atomic mass is 10.0. The van der Waals surface area contributed by atoms with Crippen molar-refractivity contribution in [1.82, 2.24) is 4.57 Å². The van der Waals surface area contributed by atoms with Gasteiger partial charge < -0.3 is 10.3 Å². The number of nitrogens with zero attached hydrogens (tertiary/aromatic N) is 1. The van der Waals surface area contributed by atoms with E-state index in [4.69, 9.17) is 5.73 Å². The van der Waals surface area contributed by atoms with Crippen molar-refractivity contribution in [2.45, 2.75) is 33.7 Å². The van der Waals surface area contributed by atoms with Crippen molar-refractivity contribution in [3.63, 3.8) is 0 Å². The Kier molecular flexibility index (Phi) is 3.42. The number of rotatable bonds is 3. The predicted octanol–water partition coefficient (Wildman–Crippen LogP) is 2.13. The van der Waals surface area contributed by atoms with E-state index in [1.54, 1.807) is 6.92 Å². The van der Waals surface area contributed by atoms with Gasteiger partial charge in [-0.15, -0.1) is 0 Å². The fraction of sp³-hybridized carbons (Fsp3) is 0.333. The number of nitrogens with two attached hydrogens (primary N) is 1. The first-order chi connectivity index (χ1) is 8.97. The number of amides is 1. The van der Waals surface area contributed by atoms with Crippen molar-refractivity contribution >= 4 is 16.8 Å². The number of pyridine rings is 1. The molecule has 100 valence electrons. The van der Waals surface area contributed by atoms with E-state index < -0.39 is 5.91 Å². The first-order valence-corrected chi connectivity index (χ1v) is 6.41. The third-order valence-corrected chi connectivity index (χ3v) is 3.37. The number of carbonyl (C=O) groups is 1. The van der Waals surface area contributed by atoms with Crippen molar-refractivity contribution in [2.24, 2.45) is 5.73 Å². The number of benzene rings is 1. The Hall–Kier alpha value is -2.10. The van der Waals surface area contributed by atoms with Crippen LogP contribution in [-0.4, -0.2) is 10.5 Å². The van der Waals surface area contributed by atoms with Crippen LogP contribution in [-0.2, 0) is 6.54 Å². The minimum absolute atomic E-state index is 0.103. The average molecular weight is 258 g/mol. The second-order valence-electron chi connectivity index (χ2n) is 4.83. The highest BCUT2D eigenvalue weighted by Crippen LogP contribution is 2.18. The van der Waals surface area contributed by atoms with Gasteiger partial charge in [0.1, 0.15) is 5.56 Å². The summed E-state index contributed by atoms with van der Waals surface area (Å²) in [5.41, 5.74) is 7.70. The van der Waals surface area contributed by atoms with Gasteiger partial charge in [0.2, 0.25) is 5.43 Å². The van der Waals surface area contributed by atoms with E-state index in [0.717, 1.165) is 24.0 Å². The standard InChI is InChI=1S/C15H18N2O2/c1-4-7-17-10(3)13(15(16)19)14(18)11-8-9(2)5-6-12(11)17/h5-6,8H,4,7H2,1-3H3,(H2,16,19). The van der Waals surface area contributed by atoms with E-state index in [2.05, 4.69) is 6.92 Å². The van der Waals surface area contributed by atoms with Crippen LogP contribution in [0.3, 0.4) is 0 Å². The summed E-state index contributed by atoms with van der Waals surface area (Å²) in [6.45, 7) is 6.51. The Morgan fingerprint density at radius 3 is 2.58 bits per heavy atom. The topological polar surface area (TPSA) is 65.1 Å². The molecule has 4 nitrogen and oxygen atoms in total. The second kappa shape index (κ2) is 4.88. The lowest BCUT2D eigenvalue weighted by molar-refractivity contribution is 0.0998. The van der Waals surface area contributed by atoms with Gasteiger partial charge in [0.15, 0.2) is 0 Å². The van der Waals surface area contributed by atoms with Crippen molar-refractivity contribution in [3.8, 4) is 0 Å². The normalized spacial score (nSPS) is 10.9. The van der Waals surface area contributed by atoms with Crippen molar-refractivity contribution in [3.05, 3.63) is 45.2 Å². The molecular formula is C15H18N2O2. The zero-order valence-corrected chi connectivity index (χ0v) is 11.5. The van der Waals surface area contributed by atoms with Crippen LogP contribution in [0.1, 0.15) is 35.0 Å². The van der Waals surface area contributed by atoms with Crippen LogP contribution in [0.15, 0.2) is 23.0 Å². The van der Waals surface area contributed by atoms with Crippen LogP contribution in [0, 0.1) is 13.8 Å². The van der Waals surface area contributed by atoms with Gasteiger partial charge in [-0.25, -0.2) is 0 Å². The van der Waals surface area contributed by atoms with Gasteiger partial charge in [0, 0.05) is 17.6 Å². The molecule has 0 radical (unpaired) electrons. The van der Waals surface area contributed by atoms with Crippen LogP contribution in [0.5, 0.6) is 0 Å². The van der Waals surface area contributed by atoms with Crippen molar-refractivity contribution in [2.75, 3.05) is 0 Å². The van der Waals surface area contributed by atoms with Gasteiger partial charge in [0.05, 0.1) is 5.52 Å². The first-order valence-electron chi connectivity index (χ1n) is 6.41. The maximum Gasteiger partial charge on any atom is 0.254 e. The summed E-state index contributed by atoms with van der Waals surface area (Å²) in [5.74, 6) is -0.657. The Labute approximate surface area is 111 Å². The van der Waals surface area contributed by atoms with E-state index in [0.29, 0.717) is 11.1 Å². The Bertz CT molecular complexity index is 714. The van der Waals surface area contributed by atoms with E-state index in [1.807, 2.05) is 29.7 Å². The molecule has 4 heteroatoms. The zero-order chi connectivity index (χ0) is 14.2. The molecule has 0 saturated heterocycles. The minimum atomic E-state index is -0.657. The van der Waals surface area contributed by atoms with Gasteiger partial charge in [-0.1, -0.05) is 18.6 Å². The van der Waals surface area contributed by atoms with E-state index in [1.165, 1.54) is 0 Å². The van der Waals surface area contributed by atoms with Gasteiger partial charge in [-0.05, 0) is 32.4 Å². The SMILES string of the molecule is CCCn1c(C)c(C(N)=O)c(=O)c2cc(C)ccc21. The molecule has 0 fully saturated rings. The van der Waals surface area contributed by atoms with Crippen LogP contribution >= 0.6 is 0 Å². The summed E-state index contributed by atoms with van der Waals surface area (Å²) in [4.78, 5) is 23.9. The van der Waals surface area contributed by atoms with Gasteiger partial charge >= 0.3 is 0 Å². The molecule has 2 aromatic rings. The van der Waals surface area contributed by atoms with Crippen LogP contribution in [0.4, 0.5) is 0 Å². The quantitative estimate of drug-likeness (QED) is 0.916. The van der Waals surface area contributed by atoms with Gasteiger partial charge in [-0.2, -0.15) is 0 Å². The summed E-state index contributed by atoms with van der Waals surface area (Å²) in [6, 6.07) is 5.71. The molecule has 1 aromatic heterocycles. The van der Waals surface area contributed by atoms with E-state index >= 15 is 0 Å². The summed E-state index contributed by atoms with van der Waals surface area (Å²) in [5, 5.41) is 0.563. The molecule has 0 atom stereocenters. The maximum absolute atomic E-state index is 12.4. The monoisotopic (exact) mass is 258 g/mol. The average Bonchev–Trinajstić information content (AvgIpc) is 2.34. The van der Waals surface area contributed by atoms with E-state index in [-0.39, 0.29) is 11.0 Å². The van der Waals surface area contributed by atoms with Gasteiger partial charge in [-0.3, -0.25) is 9.59 Å². The second-order valence-corrected chi connectivity index (χ2v) is 4.83. The summed E-state index contributed by atoms with van der Waals surface area (Å²) < 4.78 is 2.00. The minimum Gasteiger partial charge on any atom is -0.365 e. The third kappa shape index (κ3) is 2.14. The summed E-state index contributed by atoms with van der Waals surface area (Å²) >= 11 is 0. The van der Waals surface area contributed by atoms with Gasteiger partial charge in [0.25, 0.3) is 5.91 Å². The number of hydrogen-bond acceptors (Lipinski definition) is 2. The summed E-state index contributed by atoms with van der Waals surface area (Å²) in [6.07, 6.45) is 0.922. The molecule has 2 rings (SSSR count). The predicted molar refractivity (Wildman–Crippen MR) is 76.5 cm³/mol. The molecule has 1 heterocycles. The largest absolute Gasteiger partial charge is 0.365 e. The highest BCUT2D eigenvalue weighted by molar-refractivity contribution is 5.97. The molecule has 0 aliphatic rings. The highest BCUT2D eigenvalue weighted by Gasteiger charge is 2.17. The molecule has 0 saturated carbocycles. The molecule has 0 unspecified atom stereocenters. The number of aryl methyl sites for hydroxylation is 2. The summed E-state index contributed by atoms with van der Waals surface area (Å²) in [7, 11) is 0. The number of primary amides is 1. The van der Waals surface area contributed by atoms with Crippen molar-refractivity contribution in [1.29, 1.82) is 0 Å². The first kappa shape index (κ1) is 13.3. The third-order valence-electron chi connectivity index (χ3n) is 3.37. The lowest BCUT2D eigenvalue weighted by Crippen LogP contribution is -2.27. The smallest absolute Gasteiger partial charge is 0.254 e. The number of carbonyl (C=O) groups excluding carboxylic acids is 1. The Balaban J connectivity index is 2.99. The molecule has 19 heavy (non-hydrogen) atoms. The molecule has 1 aromatic carbocycles. The molecule has 2 N–H and O–H groups in total. The molecular weight excluding hydrogens is 240 g/mol. The molecule has 0 spiro atoms. The van der Waals surface area contributed by atoms with E-state index in [9.17, 15) is 9.59 Å². The van der Waals surface area contributed by atoms with Crippen LogP contribution in [0.2, 0.25) is 0 Å². The van der Waals surface area contributed by atoms with Crippen molar-refractivity contribution < 1.29 is 4.79 Å². The number of hydrogen-bond donors (Lipinski definition) is 1. The molecule has 0 aliphatic heterocycles. The number of fused-ring (bicyclic) bond motifs is 1. The molecule has 1 amide bonds. The van der Waals surface area contributed by atoms with Crippen LogP contribution in [0.25, 0.3) is 10.9 Å². The maximum atomic E-state index is 12.4.